The van der Waals surface area contributed by atoms with E-state index < -0.39 is 0 Å². The fraction of sp³-hybridized carbons (Fsp3) is 0.0909. The molecule has 82 valence electrons. The second-order valence-electron chi connectivity index (χ2n) is 3.27. The van der Waals surface area contributed by atoms with Crippen LogP contribution in [0.15, 0.2) is 41.5 Å². The Morgan fingerprint density at radius 3 is 3.00 bits per heavy atom. The summed E-state index contributed by atoms with van der Waals surface area (Å²) < 4.78 is 14.4. The molecule has 3 nitrogen and oxygen atoms in total. The molecule has 2 aromatic rings. The lowest BCUT2D eigenvalue weighted by atomic mass is 10.2. The van der Waals surface area contributed by atoms with Gasteiger partial charge in [0.05, 0.1) is 6.54 Å². The lowest BCUT2D eigenvalue weighted by Crippen LogP contribution is -2.22. The number of aromatic nitrogens is 2. The van der Waals surface area contributed by atoms with Gasteiger partial charge in [0.15, 0.2) is 0 Å². The molecule has 0 atom stereocenters. The van der Waals surface area contributed by atoms with E-state index in [4.69, 9.17) is 11.6 Å². The first kappa shape index (κ1) is 10.8. The number of benzene rings is 1. The van der Waals surface area contributed by atoms with Crippen LogP contribution in [0.2, 0.25) is 5.02 Å². The van der Waals surface area contributed by atoms with Gasteiger partial charge >= 0.3 is 5.69 Å². The van der Waals surface area contributed by atoms with Crippen molar-refractivity contribution >= 4 is 11.6 Å². The minimum Gasteiger partial charge on any atom is -0.295 e. The molecule has 0 bridgehead atoms. The van der Waals surface area contributed by atoms with Crippen LogP contribution in [0.5, 0.6) is 0 Å². The largest absolute Gasteiger partial charge is 0.347 e. The average molecular weight is 239 g/mol. The van der Waals surface area contributed by atoms with E-state index in [1.807, 2.05) is 0 Å². The van der Waals surface area contributed by atoms with Crippen molar-refractivity contribution in [2.45, 2.75) is 6.54 Å². The highest BCUT2D eigenvalue weighted by molar-refractivity contribution is 6.31. The molecule has 0 saturated heterocycles. The molecule has 1 heterocycles. The number of nitrogens with zero attached hydrogens (tertiary/aromatic N) is 2. The van der Waals surface area contributed by atoms with E-state index in [-0.39, 0.29) is 18.1 Å². The maximum atomic E-state index is 13.0. The van der Waals surface area contributed by atoms with Crippen LogP contribution < -0.4 is 5.69 Å². The normalized spacial score (nSPS) is 10.4. The molecule has 0 spiro atoms. The van der Waals surface area contributed by atoms with Gasteiger partial charge in [-0.3, -0.25) is 4.57 Å². The summed E-state index contributed by atoms with van der Waals surface area (Å²) in [5.41, 5.74) is 0.166. The van der Waals surface area contributed by atoms with Crippen LogP contribution in [-0.2, 0) is 6.54 Å². The van der Waals surface area contributed by atoms with Gasteiger partial charge in [0, 0.05) is 17.4 Å². The third kappa shape index (κ3) is 2.28. The minimum atomic E-state index is -0.386. The highest BCUT2D eigenvalue weighted by atomic mass is 35.5. The van der Waals surface area contributed by atoms with Crippen LogP contribution in [0.1, 0.15) is 5.56 Å². The average Bonchev–Trinajstić information content (AvgIpc) is 2.27. The van der Waals surface area contributed by atoms with Crippen molar-refractivity contribution in [2.75, 3.05) is 0 Å². The quantitative estimate of drug-likeness (QED) is 0.803. The third-order valence-corrected chi connectivity index (χ3v) is 2.50. The molecule has 1 aromatic heterocycles. The Kier molecular flexibility index (Phi) is 3.01. The fourth-order valence-corrected chi connectivity index (χ4v) is 1.53. The maximum absolute atomic E-state index is 13.0. The van der Waals surface area contributed by atoms with Crippen molar-refractivity contribution in [1.82, 2.24) is 9.55 Å². The van der Waals surface area contributed by atoms with Gasteiger partial charge in [0.25, 0.3) is 0 Å². The van der Waals surface area contributed by atoms with Gasteiger partial charge in [-0.25, -0.2) is 14.2 Å². The predicted octanol–water partition coefficient (Wildman–Crippen LogP) is 2.08. The summed E-state index contributed by atoms with van der Waals surface area (Å²) in [4.78, 5) is 14.9. The fourth-order valence-electron chi connectivity index (χ4n) is 1.36. The Bertz CT molecular complexity index is 568. The Morgan fingerprint density at radius 2 is 2.25 bits per heavy atom. The Hall–Kier alpha value is -1.68. The van der Waals surface area contributed by atoms with Gasteiger partial charge in [-0.2, -0.15) is 0 Å². The van der Waals surface area contributed by atoms with Crippen molar-refractivity contribution in [3.63, 3.8) is 0 Å². The van der Waals surface area contributed by atoms with E-state index in [0.717, 1.165) is 0 Å². The summed E-state index contributed by atoms with van der Waals surface area (Å²) in [5.74, 6) is -0.378. The zero-order chi connectivity index (χ0) is 11.5. The lowest BCUT2D eigenvalue weighted by Gasteiger charge is -2.06. The van der Waals surface area contributed by atoms with Crippen molar-refractivity contribution in [1.29, 1.82) is 0 Å². The molecular weight excluding hydrogens is 231 g/mol. The highest BCUT2D eigenvalue weighted by Crippen LogP contribution is 2.17. The van der Waals surface area contributed by atoms with Crippen molar-refractivity contribution in [2.24, 2.45) is 0 Å². The summed E-state index contributed by atoms with van der Waals surface area (Å²) in [5, 5.41) is 0.428. The molecule has 0 radical (unpaired) electrons. The van der Waals surface area contributed by atoms with Gasteiger partial charge in [-0.15, -0.1) is 0 Å². The number of hydrogen-bond acceptors (Lipinski definition) is 2. The zero-order valence-electron chi connectivity index (χ0n) is 8.23. The Balaban J connectivity index is 2.38. The third-order valence-electron chi connectivity index (χ3n) is 2.13. The summed E-state index contributed by atoms with van der Waals surface area (Å²) in [6.07, 6.45) is 2.99. The van der Waals surface area contributed by atoms with Crippen LogP contribution >= 0.6 is 11.6 Å². The monoisotopic (exact) mass is 238 g/mol. The molecule has 0 saturated carbocycles. The second kappa shape index (κ2) is 4.45. The first-order valence-electron chi connectivity index (χ1n) is 4.62. The van der Waals surface area contributed by atoms with E-state index >= 15 is 0 Å². The SMILES string of the molecule is O=c1ncccn1Cc1cc(F)ccc1Cl. The minimum absolute atomic E-state index is 0.212. The van der Waals surface area contributed by atoms with Crippen LogP contribution in [0.25, 0.3) is 0 Å². The lowest BCUT2D eigenvalue weighted by molar-refractivity contribution is 0.622. The number of hydrogen-bond donors (Lipinski definition) is 0. The van der Waals surface area contributed by atoms with Crippen LogP contribution in [0.4, 0.5) is 4.39 Å². The topological polar surface area (TPSA) is 34.9 Å². The van der Waals surface area contributed by atoms with Gasteiger partial charge in [-0.05, 0) is 29.8 Å². The molecule has 0 amide bonds. The van der Waals surface area contributed by atoms with Gasteiger partial charge in [0.1, 0.15) is 5.82 Å². The predicted molar refractivity (Wildman–Crippen MR) is 59.0 cm³/mol. The van der Waals surface area contributed by atoms with Gasteiger partial charge in [0.2, 0.25) is 0 Å². The van der Waals surface area contributed by atoms with E-state index in [0.29, 0.717) is 10.6 Å². The first-order chi connectivity index (χ1) is 7.66. The van der Waals surface area contributed by atoms with Gasteiger partial charge < -0.3 is 0 Å². The zero-order valence-corrected chi connectivity index (χ0v) is 8.99. The molecule has 5 heteroatoms. The smallest absolute Gasteiger partial charge is 0.295 e. The summed E-state index contributed by atoms with van der Waals surface area (Å²) in [6.45, 7) is 0.212. The van der Waals surface area contributed by atoms with E-state index in [2.05, 4.69) is 4.98 Å². The Morgan fingerprint density at radius 1 is 1.44 bits per heavy atom. The molecule has 0 fully saturated rings. The molecule has 16 heavy (non-hydrogen) atoms. The van der Waals surface area contributed by atoms with Gasteiger partial charge in [-0.1, -0.05) is 11.6 Å². The van der Waals surface area contributed by atoms with E-state index in [1.165, 1.54) is 29.0 Å². The summed E-state index contributed by atoms with van der Waals surface area (Å²) >= 11 is 5.90. The molecule has 2 rings (SSSR count). The van der Waals surface area contributed by atoms with E-state index in [9.17, 15) is 9.18 Å². The summed E-state index contributed by atoms with van der Waals surface area (Å²) in [6, 6.07) is 5.68. The standard InChI is InChI=1S/C11H8ClFN2O/c12-10-3-2-9(13)6-8(10)7-15-5-1-4-14-11(15)16/h1-6H,7H2. The van der Waals surface area contributed by atoms with E-state index in [1.54, 1.807) is 12.3 Å². The molecular formula is C11H8ClFN2O. The van der Waals surface area contributed by atoms with Crippen molar-refractivity contribution in [3.8, 4) is 0 Å². The first-order valence-corrected chi connectivity index (χ1v) is 5.00. The number of halogens is 2. The van der Waals surface area contributed by atoms with Crippen LogP contribution in [-0.4, -0.2) is 9.55 Å². The highest BCUT2D eigenvalue weighted by Gasteiger charge is 2.04. The molecule has 1 aromatic carbocycles. The van der Waals surface area contributed by atoms with Crippen molar-refractivity contribution in [3.05, 3.63) is 63.5 Å². The Labute approximate surface area is 96.1 Å². The molecule has 0 unspecified atom stereocenters. The number of rotatable bonds is 2. The molecule has 0 aliphatic rings. The molecule has 0 aliphatic heterocycles. The molecule has 0 aliphatic carbocycles. The second-order valence-corrected chi connectivity index (χ2v) is 3.67. The van der Waals surface area contributed by atoms with Crippen LogP contribution in [0, 0.1) is 5.82 Å². The summed E-state index contributed by atoms with van der Waals surface area (Å²) in [7, 11) is 0. The van der Waals surface area contributed by atoms with Crippen molar-refractivity contribution < 1.29 is 4.39 Å². The van der Waals surface area contributed by atoms with Crippen LogP contribution in [0.3, 0.4) is 0 Å². The molecule has 0 N–H and O–H groups in total. The maximum Gasteiger partial charge on any atom is 0.347 e.